The van der Waals surface area contributed by atoms with Gasteiger partial charge >= 0.3 is 0 Å². The van der Waals surface area contributed by atoms with Crippen LogP contribution in [0.15, 0.2) is 30.3 Å². The summed E-state index contributed by atoms with van der Waals surface area (Å²) in [4.78, 5) is 16.5. The van der Waals surface area contributed by atoms with Gasteiger partial charge < -0.3 is 10.6 Å². The highest BCUT2D eigenvalue weighted by molar-refractivity contribution is 5.85. The minimum absolute atomic E-state index is 0. The van der Waals surface area contributed by atoms with Crippen LogP contribution in [0, 0.1) is 0 Å². The van der Waals surface area contributed by atoms with Crippen LogP contribution in [0.5, 0.6) is 0 Å². The smallest absolute Gasteiger partial charge is 0.237 e. The van der Waals surface area contributed by atoms with E-state index < -0.39 is 0 Å². The Morgan fingerprint density at radius 2 is 1.68 bits per heavy atom. The first-order chi connectivity index (χ1) is 9.71. The van der Waals surface area contributed by atoms with Crippen molar-refractivity contribution in [2.24, 2.45) is 5.73 Å². The number of likely N-dealkylation sites (N-methyl/N-ethyl adjacent to an activating group) is 1. The van der Waals surface area contributed by atoms with E-state index in [4.69, 9.17) is 5.73 Å². The Labute approximate surface area is 146 Å². The van der Waals surface area contributed by atoms with Crippen molar-refractivity contribution >= 4 is 30.7 Å². The normalized spacial score (nSPS) is 9.82. The Bertz CT molecular complexity index is 386. The Kier molecular flexibility index (Phi) is 14.7. The first-order valence-electron chi connectivity index (χ1n) is 7.45. The summed E-state index contributed by atoms with van der Waals surface area (Å²) in [7, 11) is 0. The topological polar surface area (TPSA) is 49.6 Å². The fraction of sp³-hybridized carbons (Fsp3) is 0.562. The number of nitrogens with zero attached hydrogens (tertiary/aromatic N) is 2. The van der Waals surface area contributed by atoms with E-state index in [0.717, 1.165) is 31.6 Å². The Balaban J connectivity index is 0. The molecule has 0 radical (unpaired) electrons. The molecule has 1 aromatic carbocycles. The molecule has 0 saturated carbocycles. The summed E-state index contributed by atoms with van der Waals surface area (Å²) in [6, 6.07) is 10.1. The van der Waals surface area contributed by atoms with Crippen molar-refractivity contribution in [2.75, 3.05) is 32.7 Å². The molecule has 0 aromatic heterocycles. The molecule has 128 valence electrons. The van der Waals surface area contributed by atoms with Crippen molar-refractivity contribution in [2.45, 2.75) is 26.8 Å². The molecule has 2 N–H and O–H groups in total. The van der Waals surface area contributed by atoms with Crippen LogP contribution in [0.2, 0.25) is 0 Å². The van der Waals surface area contributed by atoms with Gasteiger partial charge in [0, 0.05) is 13.1 Å². The summed E-state index contributed by atoms with van der Waals surface area (Å²) >= 11 is 0. The quantitative estimate of drug-likeness (QED) is 0.745. The van der Waals surface area contributed by atoms with Gasteiger partial charge in [0.1, 0.15) is 0 Å². The molecule has 0 unspecified atom stereocenters. The third kappa shape index (κ3) is 8.59. The Morgan fingerprint density at radius 3 is 2.18 bits per heavy atom. The van der Waals surface area contributed by atoms with E-state index in [-0.39, 0.29) is 30.7 Å². The van der Waals surface area contributed by atoms with Gasteiger partial charge in [-0.25, -0.2) is 0 Å². The fourth-order valence-corrected chi connectivity index (χ4v) is 2.12. The molecule has 0 fully saturated rings. The van der Waals surface area contributed by atoms with Crippen LogP contribution in [0.4, 0.5) is 0 Å². The van der Waals surface area contributed by atoms with Gasteiger partial charge in [0.2, 0.25) is 5.91 Å². The van der Waals surface area contributed by atoms with Gasteiger partial charge in [0.15, 0.2) is 0 Å². The minimum atomic E-state index is 0. The predicted molar refractivity (Wildman–Crippen MR) is 97.8 cm³/mol. The van der Waals surface area contributed by atoms with Gasteiger partial charge in [-0.1, -0.05) is 44.2 Å². The van der Waals surface area contributed by atoms with Gasteiger partial charge in [0.05, 0.1) is 6.54 Å². The maximum absolute atomic E-state index is 12.4. The molecule has 4 nitrogen and oxygen atoms in total. The van der Waals surface area contributed by atoms with Crippen molar-refractivity contribution in [3.8, 4) is 0 Å². The lowest BCUT2D eigenvalue weighted by atomic mass is 10.2. The zero-order valence-electron chi connectivity index (χ0n) is 13.5. The largest absolute Gasteiger partial charge is 0.337 e. The summed E-state index contributed by atoms with van der Waals surface area (Å²) in [5, 5.41) is 0. The Morgan fingerprint density at radius 1 is 1.09 bits per heavy atom. The second kappa shape index (κ2) is 13.8. The van der Waals surface area contributed by atoms with Crippen LogP contribution in [0.3, 0.4) is 0 Å². The van der Waals surface area contributed by atoms with Gasteiger partial charge in [-0.3, -0.25) is 9.69 Å². The van der Waals surface area contributed by atoms with Crippen LogP contribution in [-0.4, -0.2) is 48.4 Å². The lowest BCUT2D eigenvalue weighted by Crippen LogP contribution is -2.40. The molecule has 1 amide bonds. The highest BCUT2D eigenvalue weighted by Crippen LogP contribution is 2.06. The van der Waals surface area contributed by atoms with E-state index in [1.165, 1.54) is 0 Å². The second-order valence-corrected chi connectivity index (χ2v) is 4.90. The van der Waals surface area contributed by atoms with E-state index in [1.807, 2.05) is 23.1 Å². The maximum Gasteiger partial charge on any atom is 0.237 e. The zero-order chi connectivity index (χ0) is 14.8. The van der Waals surface area contributed by atoms with Crippen LogP contribution in [-0.2, 0) is 11.3 Å². The van der Waals surface area contributed by atoms with E-state index in [0.29, 0.717) is 19.6 Å². The van der Waals surface area contributed by atoms with Crippen LogP contribution in [0.25, 0.3) is 0 Å². The summed E-state index contributed by atoms with van der Waals surface area (Å²) < 4.78 is 0. The third-order valence-electron chi connectivity index (χ3n) is 3.45. The molecule has 0 atom stereocenters. The van der Waals surface area contributed by atoms with Crippen molar-refractivity contribution in [3.63, 3.8) is 0 Å². The Hall–Kier alpha value is -0.810. The SMILES string of the molecule is CCN(CC)CC(=O)N(CCCN)Cc1ccccc1.Cl.Cl. The molecule has 1 aromatic rings. The molecular formula is C16H29Cl2N3O. The average molecular weight is 350 g/mol. The zero-order valence-corrected chi connectivity index (χ0v) is 15.2. The molecule has 22 heavy (non-hydrogen) atoms. The molecule has 1 rings (SSSR count). The van der Waals surface area contributed by atoms with E-state index in [2.05, 4.69) is 30.9 Å². The van der Waals surface area contributed by atoms with Crippen molar-refractivity contribution in [1.29, 1.82) is 0 Å². The monoisotopic (exact) mass is 349 g/mol. The van der Waals surface area contributed by atoms with Crippen molar-refractivity contribution in [3.05, 3.63) is 35.9 Å². The van der Waals surface area contributed by atoms with E-state index >= 15 is 0 Å². The molecule has 0 spiro atoms. The number of carbonyl (C=O) groups excluding carboxylic acids is 1. The fourth-order valence-electron chi connectivity index (χ4n) is 2.12. The summed E-state index contributed by atoms with van der Waals surface area (Å²) in [6.45, 7) is 8.47. The van der Waals surface area contributed by atoms with Crippen LogP contribution < -0.4 is 5.73 Å². The average Bonchev–Trinajstić information content (AvgIpc) is 2.49. The molecule has 0 heterocycles. The maximum atomic E-state index is 12.4. The molecule has 0 aliphatic rings. The standard InChI is InChI=1S/C16H27N3O.2ClH/c1-3-18(4-2)14-16(20)19(12-8-11-17)13-15-9-6-5-7-10-15;;/h5-7,9-10H,3-4,8,11-14,17H2,1-2H3;2*1H. The number of hydrogen-bond acceptors (Lipinski definition) is 3. The molecule has 0 bridgehead atoms. The molecule has 0 saturated heterocycles. The number of halogens is 2. The number of nitrogens with two attached hydrogens (primary N) is 1. The van der Waals surface area contributed by atoms with Crippen LogP contribution >= 0.6 is 24.8 Å². The number of amides is 1. The van der Waals surface area contributed by atoms with Gasteiger partial charge in [-0.05, 0) is 31.6 Å². The van der Waals surface area contributed by atoms with E-state index in [1.54, 1.807) is 0 Å². The van der Waals surface area contributed by atoms with Crippen molar-refractivity contribution < 1.29 is 4.79 Å². The molecular weight excluding hydrogens is 321 g/mol. The molecule has 0 aliphatic heterocycles. The summed E-state index contributed by atoms with van der Waals surface area (Å²) in [5.74, 6) is 0.186. The van der Waals surface area contributed by atoms with Gasteiger partial charge in [-0.15, -0.1) is 24.8 Å². The number of benzene rings is 1. The third-order valence-corrected chi connectivity index (χ3v) is 3.45. The lowest BCUT2D eigenvalue weighted by molar-refractivity contribution is -0.133. The summed E-state index contributed by atoms with van der Waals surface area (Å²) in [6.07, 6.45) is 0.844. The first kappa shape index (κ1) is 23.5. The van der Waals surface area contributed by atoms with Gasteiger partial charge in [-0.2, -0.15) is 0 Å². The van der Waals surface area contributed by atoms with Crippen molar-refractivity contribution in [1.82, 2.24) is 9.80 Å². The molecule has 0 aliphatic carbocycles. The number of rotatable bonds is 9. The number of carbonyl (C=O) groups is 1. The van der Waals surface area contributed by atoms with E-state index in [9.17, 15) is 4.79 Å². The number of hydrogen-bond donors (Lipinski definition) is 1. The molecule has 6 heteroatoms. The summed E-state index contributed by atoms with van der Waals surface area (Å²) in [5.41, 5.74) is 6.74. The van der Waals surface area contributed by atoms with Gasteiger partial charge in [0.25, 0.3) is 0 Å². The highest BCUT2D eigenvalue weighted by Gasteiger charge is 2.15. The highest BCUT2D eigenvalue weighted by atomic mass is 35.5. The first-order valence-corrected chi connectivity index (χ1v) is 7.45. The minimum Gasteiger partial charge on any atom is -0.337 e. The predicted octanol–water partition coefficient (Wildman–Crippen LogP) is 2.55. The van der Waals surface area contributed by atoms with Crippen LogP contribution in [0.1, 0.15) is 25.8 Å². The second-order valence-electron chi connectivity index (χ2n) is 4.90. The lowest BCUT2D eigenvalue weighted by Gasteiger charge is -2.26.